The van der Waals surface area contributed by atoms with Gasteiger partial charge in [0, 0.05) is 5.33 Å². The van der Waals surface area contributed by atoms with E-state index in [1.807, 2.05) is 0 Å². The van der Waals surface area contributed by atoms with E-state index in [1.54, 1.807) is 0 Å². The first-order chi connectivity index (χ1) is 6.15. The number of carbonyl (C=O) groups is 2. The van der Waals surface area contributed by atoms with Gasteiger partial charge in [-0.25, -0.2) is 4.79 Å². The van der Waals surface area contributed by atoms with Crippen molar-refractivity contribution in [1.29, 1.82) is 0 Å². The SMILES string of the molecule is O=C(O)C1C(CBr)OC2CC(=O)N21. The van der Waals surface area contributed by atoms with E-state index in [1.165, 1.54) is 4.90 Å². The van der Waals surface area contributed by atoms with Gasteiger partial charge >= 0.3 is 5.97 Å². The van der Waals surface area contributed by atoms with E-state index >= 15 is 0 Å². The van der Waals surface area contributed by atoms with Crippen LogP contribution in [0.4, 0.5) is 0 Å². The maximum atomic E-state index is 11.1. The van der Waals surface area contributed by atoms with E-state index < -0.39 is 18.1 Å². The lowest BCUT2D eigenvalue weighted by Gasteiger charge is -2.34. The van der Waals surface area contributed by atoms with Crippen LogP contribution in [0.1, 0.15) is 6.42 Å². The standard InChI is InChI=1S/C7H8BrNO4/c8-2-3-6(7(11)12)9-4(10)1-5(9)13-3/h3,5-6H,1-2H2,(H,11,12). The van der Waals surface area contributed by atoms with Crippen LogP contribution in [0.5, 0.6) is 0 Å². The molecule has 0 bridgehead atoms. The van der Waals surface area contributed by atoms with Crippen LogP contribution >= 0.6 is 15.9 Å². The van der Waals surface area contributed by atoms with E-state index in [2.05, 4.69) is 15.9 Å². The van der Waals surface area contributed by atoms with Gasteiger partial charge in [0.15, 0.2) is 6.04 Å². The quantitative estimate of drug-likeness (QED) is 0.544. The number of hydrogen-bond acceptors (Lipinski definition) is 3. The molecule has 1 amide bonds. The number of halogens is 1. The number of amides is 1. The predicted octanol–water partition coefficient (Wildman–Crippen LogP) is -0.208. The van der Waals surface area contributed by atoms with Gasteiger partial charge in [-0.3, -0.25) is 9.69 Å². The molecule has 2 rings (SSSR count). The molecule has 1 N–H and O–H groups in total. The first-order valence-corrected chi connectivity index (χ1v) is 5.02. The number of alkyl halides is 1. The number of carbonyl (C=O) groups excluding carboxylic acids is 1. The van der Waals surface area contributed by atoms with E-state index in [0.29, 0.717) is 11.8 Å². The molecule has 2 saturated heterocycles. The normalized spacial score (nSPS) is 37.2. The van der Waals surface area contributed by atoms with E-state index in [0.717, 1.165) is 0 Å². The summed E-state index contributed by atoms with van der Waals surface area (Å²) in [4.78, 5) is 23.2. The Kier molecular flexibility index (Phi) is 2.03. The Balaban J connectivity index is 2.19. The summed E-state index contributed by atoms with van der Waals surface area (Å²) >= 11 is 3.16. The van der Waals surface area contributed by atoms with Crippen LogP contribution < -0.4 is 0 Å². The van der Waals surface area contributed by atoms with E-state index in [-0.39, 0.29) is 12.1 Å². The van der Waals surface area contributed by atoms with Crippen LogP contribution in [0.25, 0.3) is 0 Å². The van der Waals surface area contributed by atoms with Crippen LogP contribution in [0.2, 0.25) is 0 Å². The molecule has 5 nitrogen and oxygen atoms in total. The molecule has 0 aromatic rings. The predicted molar refractivity (Wildman–Crippen MR) is 45.3 cm³/mol. The number of rotatable bonds is 2. The Morgan fingerprint density at radius 2 is 2.46 bits per heavy atom. The summed E-state index contributed by atoms with van der Waals surface area (Å²) in [6.07, 6.45) is -0.419. The van der Waals surface area contributed by atoms with Crippen molar-refractivity contribution >= 4 is 27.8 Å². The minimum absolute atomic E-state index is 0.138. The first-order valence-electron chi connectivity index (χ1n) is 3.90. The third kappa shape index (κ3) is 1.16. The van der Waals surface area contributed by atoms with Crippen LogP contribution in [0, 0.1) is 0 Å². The maximum absolute atomic E-state index is 11.1. The average molecular weight is 250 g/mol. The van der Waals surface area contributed by atoms with Crippen molar-refractivity contribution in [3.8, 4) is 0 Å². The second-order valence-corrected chi connectivity index (χ2v) is 3.72. The summed E-state index contributed by atoms with van der Waals surface area (Å²) in [5.41, 5.74) is 0. The van der Waals surface area contributed by atoms with Crippen molar-refractivity contribution in [2.45, 2.75) is 24.8 Å². The topological polar surface area (TPSA) is 66.8 Å². The zero-order chi connectivity index (χ0) is 9.59. The summed E-state index contributed by atoms with van der Waals surface area (Å²) in [7, 11) is 0. The highest BCUT2D eigenvalue weighted by Gasteiger charge is 2.54. The fourth-order valence-corrected chi connectivity index (χ4v) is 2.21. The largest absolute Gasteiger partial charge is 0.480 e. The Morgan fingerprint density at radius 3 is 2.92 bits per heavy atom. The summed E-state index contributed by atoms with van der Waals surface area (Å²) in [6.45, 7) is 0. The van der Waals surface area contributed by atoms with Gasteiger partial charge in [0.1, 0.15) is 12.3 Å². The Morgan fingerprint density at radius 1 is 1.77 bits per heavy atom. The lowest BCUT2D eigenvalue weighted by molar-refractivity contribution is -0.163. The fourth-order valence-electron chi connectivity index (χ4n) is 1.70. The lowest BCUT2D eigenvalue weighted by atomic mass is 10.1. The molecule has 2 aliphatic rings. The Bertz CT molecular complexity index is 269. The van der Waals surface area contributed by atoms with Crippen LogP contribution in [0.3, 0.4) is 0 Å². The number of carboxylic acids is 1. The Hall–Kier alpha value is -0.620. The molecule has 0 aliphatic carbocycles. The highest BCUT2D eigenvalue weighted by Crippen LogP contribution is 2.34. The zero-order valence-electron chi connectivity index (χ0n) is 6.64. The van der Waals surface area contributed by atoms with Crippen molar-refractivity contribution in [2.24, 2.45) is 0 Å². The van der Waals surface area contributed by atoms with Gasteiger partial charge in [-0.05, 0) is 0 Å². The van der Waals surface area contributed by atoms with Crippen LogP contribution in [0.15, 0.2) is 0 Å². The van der Waals surface area contributed by atoms with Gasteiger partial charge in [-0.2, -0.15) is 0 Å². The molecule has 0 saturated carbocycles. The Labute approximate surface area is 82.8 Å². The molecule has 0 aromatic heterocycles. The van der Waals surface area contributed by atoms with Crippen molar-refractivity contribution < 1.29 is 19.4 Å². The third-order valence-electron chi connectivity index (χ3n) is 2.34. The molecule has 2 aliphatic heterocycles. The summed E-state index contributed by atoms with van der Waals surface area (Å²) < 4.78 is 5.33. The molecular formula is C7H8BrNO4. The summed E-state index contributed by atoms with van der Waals surface area (Å²) in [6, 6.07) is -0.814. The van der Waals surface area contributed by atoms with Crippen LogP contribution in [-0.2, 0) is 14.3 Å². The minimum atomic E-state index is -1.000. The summed E-state index contributed by atoms with van der Waals surface area (Å²) in [5, 5.41) is 9.29. The molecule has 2 heterocycles. The van der Waals surface area contributed by atoms with Crippen LogP contribution in [-0.4, -0.2) is 45.6 Å². The molecule has 0 aromatic carbocycles. The first kappa shape index (κ1) is 8.96. The number of hydrogen-bond donors (Lipinski definition) is 1. The molecule has 0 radical (unpaired) electrons. The molecule has 0 spiro atoms. The summed E-state index contributed by atoms with van der Waals surface area (Å²) in [5.74, 6) is -1.14. The lowest BCUT2D eigenvalue weighted by Crippen LogP contribution is -2.55. The van der Waals surface area contributed by atoms with Gasteiger partial charge < -0.3 is 9.84 Å². The fraction of sp³-hybridized carbons (Fsp3) is 0.714. The number of carboxylic acid groups (broad SMARTS) is 1. The highest BCUT2D eigenvalue weighted by molar-refractivity contribution is 9.09. The molecule has 3 unspecified atom stereocenters. The second-order valence-electron chi connectivity index (χ2n) is 3.07. The number of aliphatic carboxylic acids is 1. The molecule has 72 valence electrons. The maximum Gasteiger partial charge on any atom is 0.329 e. The van der Waals surface area contributed by atoms with Crippen molar-refractivity contribution in [1.82, 2.24) is 4.90 Å². The minimum Gasteiger partial charge on any atom is -0.480 e. The monoisotopic (exact) mass is 249 g/mol. The second kappa shape index (κ2) is 2.95. The molecular weight excluding hydrogens is 242 g/mol. The van der Waals surface area contributed by atoms with Crippen molar-refractivity contribution in [2.75, 3.05) is 5.33 Å². The smallest absolute Gasteiger partial charge is 0.329 e. The number of β-lactam (4-membered cyclic amide) rings is 1. The number of nitrogens with zero attached hydrogens (tertiary/aromatic N) is 1. The third-order valence-corrected chi connectivity index (χ3v) is 2.97. The highest BCUT2D eigenvalue weighted by atomic mass is 79.9. The number of fused-ring (bicyclic) bond motifs is 1. The van der Waals surface area contributed by atoms with Crippen molar-refractivity contribution in [3.63, 3.8) is 0 Å². The molecule has 6 heteroatoms. The van der Waals surface area contributed by atoms with Gasteiger partial charge in [0.2, 0.25) is 5.91 Å². The number of ether oxygens (including phenoxy) is 1. The van der Waals surface area contributed by atoms with E-state index in [9.17, 15) is 9.59 Å². The zero-order valence-corrected chi connectivity index (χ0v) is 8.23. The average Bonchev–Trinajstić information content (AvgIpc) is 2.37. The van der Waals surface area contributed by atoms with Gasteiger partial charge in [0.25, 0.3) is 0 Å². The molecule has 13 heavy (non-hydrogen) atoms. The molecule has 2 fully saturated rings. The van der Waals surface area contributed by atoms with E-state index in [4.69, 9.17) is 9.84 Å². The molecule has 3 atom stereocenters. The van der Waals surface area contributed by atoms with Gasteiger partial charge in [-0.15, -0.1) is 0 Å². The van der Waals surface area contributed by atoms with Gasteiger partial charge in [-0.1, -0.05) is 15.9 Å². The van der Waals surface area contributed by atoms with Gasteiger partial charge in [0.05, 0.1) is 6.42 Å². The van der Waals surface area contributed by atoms with Crippen molar-refractivity contribution in [3.05, 3.63) is 0 Å².